The van der Waals surface area contributed by atoms with E-state index in [0.29, 0.717) is 6.42 Å². The average molecular weight is 286 g/mol. The predicted octanol–water partition coefficient (Wildman–Crippen LogP) is 1.48. The average Bonchev–Trinajstić information content (AvgIpc) is 2.41. The van der Waals surface area contributed by atoms with Crippen molar-refractivity contribution in [2.45, 2.75) is 26.3 Å². The molecule has 106 valence electrons. The Morgan fingerprint density at radius 2 is 2.11 bits per heavy atom. The summed E-state index contributed by atoms with van der Waals surface area (Å²) in [5.41, 5.74) is 2.54. The summed E-state index contributed by atoms with van der Waals surface area (Å²) in [5, 5.41) is 18.5. The lowest BCUT2D eigenvalue weighted by atomic mass is 10.0. The van der Waals surface area contributed by atoms with Crippen LogP contribution in [0.2, 0.25) is 0 Å². The van der Waals surface area contributed by atoms with Gasteiger partial charge in [0.05, 0.1) is 18.3 Å². The molecule has 0 fully saturated rings. The molecule has 2 N–H and O–H groups in total. The summed E-state index contributed by atoms with van der Waals surface area (Å²) in [4.78, 5) is 13.6. The second kappa shape index (κ2) is 7.48. The van der Waals surface area contributed by atoms with Crippen LogP contribution in [0.4, 0.5) is 5.69 Å². The Hall–Kier alpha value is -1.10. The fourth-order valence-electron chi connectivity index (χ4n) is 2.12. The number of aryl methyl sites for hydroxylation is 1. The zero-order valence-electron chi connectivity index (χ0n) is 11.3. The summed E-state index contributed by atoms with van der Waals surface area (Å²) in [7, 11) is 0. The SMILES string of the molecule is Cc1cccc(CCO)c1N(C(=O)CCl)[C@@H](C)CO. The van der Waals surface area contributed by atoms with E-state index >= 15 is 0 Å². The quantitative estimate of drug-likeness (QED) is 0.779. The van der Waals surface area contributed by atoms with E-state index in [1.807, 2.05) is 25.1 Å². The number of rotatable bonds is 6. The molecule has 4 nitrogen and oxygen atoms in total. The number of hydrogen-bond acceptors (Lipinski definition) is 3. The van der Waals surface area contributed by atoms with Crippen molar-refractivity contribution >= 4 is 23.2 Å². The van der Waals surface area contributed by atoms with Crippen molar-refractivity contribution < 1.29 is 15.0 Å². The Bertz CT molecular complexity index is 437. The number of benzene rings is 1. The molecule has 1 aromatic carbocycles. The monoisotopic (exact) mass is 285 g/mol. The van der Waals surface area contributed by atoms with Gasteiger partial charge >= 0.3 is 0 Å². The Morgan fingerprint density at radius 3 is 2.63 bits per heavy atom. The molecule has 1 atom stereocenters. The number of aliphatic hydroxyl groups is 2. The summed E-state index contributed by atoms with van der Waals surface area (Å²) >= 11 is 5.66. The van der Waals surface area contributed by atoms with Crippen molar-refractivity contribution in [2.24, 2.45) is 0 Å². The number of carbonyl (C=O) groups is 1. The zero-order valence-corrected chi connectivity index (χ0v) is 12.0. The lowest BCUT2D eigenvalue weighted by Crippen LogP contribution is -2.42. The number of amides is 1. The maximum absolute atomic E-state index is 12.0. The molecule has 0 spiro atoms. The molecule has 0 saturated carbocycles. The van der Waals surface area contributed by atoms with Gasteiger partial charge in [0, 0.05) is 6.61 Å². The van der Waals surface area contributed by atoms with E-state index in [9.17, 15) is 9.90 Å². The molecule has 0 aromatic heterocycles. The van der Waals surface area contributed by atoms with Crippen molar-refractivity contribution in [2.75, 3.05) is 24.0 Å². The Balaban J connectivity index is 3.31. The Morgan fingerprint density at radius 1 is 1.42 bits per heavy atom. The van der Waals surface area contributed by atoms with E-state index in [-0.39, 0.29) is 31.0 Å². The molecule has 1 rings (SSSR count). The number of alkyl halides is 1. The first-order valence-corrected chi connectivity index (χ1v) is 6.78. The van der Waals surface area contributed by atoms with E-state index in [4.69, 9.17) is 16.7 Å². The van der Waals surface area contributed by atoms with Gasteiger partial charge in [0.15, 0.2) is 0 Å². The number of anilines is 1. The van der Waals surface area contributed by atoms with Gasteiger partial charge in [0.1, 0.15) is 5.88 Å². The lowest BCUT2D eigenvalue weighted by Gasteiger charge is -2.31. The van der Waals surface area contributed by atoms with Gasteiger partial charge in [-0.3, -0.25) is 4.79 Å². The summed E-state index contributed by atoms with van der Waals surface area (Å²) in [6.45, 7) is 3.52. The van der Waals surface area contributed by atoms with Crippen molar-refractivity contribution in [1.82, 2.24) is 0 Å². The van der Waals surface area contributed by atoms with Crippen molar-refractivity contribution in [1.29, 1.82) is 0 Å². The van der Waals surface area contributed by atoms with Crippen LogP contribution in [0, 0.1) is 6.92 Å². The molecule has 0 aliphatic heterocycles. The van der Waals surface area contributed by atoms with E-state index in [2.05, 4.69) is 0 Å². The standard InChI is InChI=1S/C14H20ClNO3/c1-10-4-3-5-12(6-7-17)14(10)16(11(2)9-18)13(19)8-15/h3-5,11,17-18H,6-9H2,1-2H3/t11-/m0/s1. The number of carbonyl (C=O) groups excluding carboxylic acids is 1. The lowest BCUT2D eigenvalue weighted by molar-refractivity contribution is -0.116. The molecular formula is C14H20ClNO3. The predicted molar refractivity (Wildman–Crippen MR) is 76.7 cm³/mol. The summed E-state index contributed by atoms with van der Waals surface area (Å²) in [6.07, 6.45) is 0.460. The first-order chi connectivity index (χ1) is 9.06. The van der Waals surface area contributed by atoms with E-state index in [1.165, 1.54) is 4.90 Å². The molecule has 5 heteroatoms. The Kier molecular flexibility index (Phi) is 6.28. The third-order valence-corrected chi connectivity index (χ3v) is 3.26. The van der Waals surface area contributed by atoms with E-state index < -0.39 is 0 Å². The van der Waals surface area contributed by atoms with Crippen LogP contribution in [0.1, 0.15) is 18.1 Å². The first kappa shape index (κ1) is 16.0. The van der Waals surface area contributed by atoms with Gasteiger partial charge < -0.3 is 15.1 Å². The molecule has 19 heavy (non-hydrogen) atoms. The topological polar surface area (TPSA) is 60.8 Å². The number of nitrogens with zero attached hydrogens (tertiary/aromatic N) is 1. The highest BCUT2D eigenvalue weighted by atomic mass is 35.5. The van der Waals surface area contributed by atoms with Crippen LogP contribution in [-0.2, 0) is 11.2 Å². The highest BCUT2D eigenvalue weighted by molar-refractivity contribution is 6.29. The fraction of sp³-hybridized carbons (Fsp3) is 0.500. The van der Waals surface area contributed by atoms with Gasteiger partial charge in [-0.2, -0.15) is 0 Å². The normalized spacial score (nSPS) is 12.3. The summed E-state index contributed by atoms with van der Waals surface area (Å²) < 4.78 is 0. The molecular weight excluding hydrogens is 266 g/mol. The van der Waals surface area contributed by atoms with Crippen LogP contribution < -0.4 is 4.90 Å². The third kappa shape index (κ3) is 3.69. The van der Waals surface area contributed by atoms with E-state index in [1.54, 1.807) is 6.92 Å². The second-order valence-electron chi connectivity index (χ2n) is 4.49. The second-order valence-corrected chi connectivity index (χ2v) is 4.75. The summed E-state index contributed by atoms with van der Waals surface area (Å²) in [6, 6.07) is 5.30. The third-order valence-electron chi connectivity index (χ3n) is 3.03. The Labute approximate surface area is 118 Å². The maximum atomic E-state index is 12.0. The smallest absolute Gasteiger partial charge is 0.242 e. The molecule has 0 heterocycles. The molecule has 1 aromatic rings. The first-order valence-electron chi connectivity index (χ1n) is 6.25. The van der Waals surface area contributed by atoms with Gasteiger partial charge in [-0.1, -0.05) is 18.2 Å². The largest absolute Gasteiger partial charge is 0.396 e. The molecule has 0 aliphatic carbocycles. The van der Waals surface area contributed by atoms with Crippen molar-refractivity contribution in [3.8, 4) is 0 Å². The van der Waals surface area contributed by atoms with Crippen LogP contribution in [0.25, 0.3) is 0 Å². The van der Waals surface area contributed by atoms with Crippen LogP contribution in [0.15, 0.2) is 18.2 Å². The van der Waals surface area contributed by atoms with Crippen LogP contribution in [-0.4, -0.2) is 41.3 Å². The van der Waals surface area contributed by atoms with Crippen LogP contribution in [0.5, 0.6) is 0 Å². The summed E-state index contributed by atoms with van der Waals surface area (Å²) in [5.74, 6) is -0.395. The minimum atomic E-state index is -0.357. The minimum absolute atomic E-state index is 0.00681. The van der Waals surface area contributed by atoms with Crippen molar-refractivity contribution in [3.63, 3.8) is 0 Å². The molecule has 0 bridgehead atoms. The zero-order chi connectivity index (χ0) is 14.4. The highest BCUT2D eigenvalue weighted by Crippen LogP contribution is 2.28. The molecule has 0 aliphatic rings. The number of halogens is 1. The highest BCUT2D eigenvalue weighted by Gasteiger charge is 2.24. The molecule has 0 unspecified atom stereocenters. The molecule has 0 saturated heterocycles. The van der Waals surface area contributed by atoms with Crippen LogP contribution in [0.3, 0.4) is 0 Å². The van der Waals surface area contributed by atoms with Gasteiger partial charge in [-0.05, 0) is 31.4 Å². The number of para-hydroxylation sites is 1. The van der Waals surface area contributed by atoms with Gasteiger partial charge in [0.2, 0.25) is 5.91 Å². The molecule has 0 radical (unpaired) electrons. The van der Waals surface area contributed by atoms with E-state index in [0.717, 1.165) is 16.8 Å². The van der Waals surface area contributed by atoms with Gasteiger partial charge in [0.25, 0.3) is 0 Å². The van der Waals surface area contributed by atoms with Crippen LogP contribution >= 0.6 is 11.6 Å². The van der Waals surface area contributed by atoms with Gasteiger partial charge in [-0.25, -0.2) is 0 Å². The van der Waals surface area contributed by atoms with Gasteiger partial charge in [-0.15, -0.1) is 11.6 Å². The number of aliphatic hydroxyl groups excluding tert-OH is 2. The maximum Gasteiger partial charge on any atom is 0.242 e. The minimum Gasteiger partial charge on any atom is -0.396 e. The van der Waals surface area contributed by atoms with Crippen molar-refractivity contribution in [3.05, 3.63) is 29.3 Å². The fourth-order valence-corrected chi connectivity index (χ4v) is 2.25. The number of hydrogen-bond donors (Lipinski definition) is 2. The molecule has 1 amide bonds.